The number of rotatable bonds is 4. The Hall–Kier alpha value is -1.24. The third kappa shape index (κ3) is 3.15. The molecule has 24 heavy (non-hydrogen) atoms. The molecule has 2 heterocycles. The molecule has 1 saturated heterocycles. The second kappa shape index (κ2) is 6.58. The van der Waals surface area contributed by atoms with Crippen LogP contribution < -0.4 is 10.9 Å². The minimum atomic E-state index is -0.609. The van der Waals surface area contributed by atoms with Crippen molar-refractivity contribution in [3.63, 3.8) is 0 Å². The maximum Gasteiger partial charge on any atom is 0.267 e. The van der Waals surface area contributed by atoms with Gasteiger partial charge in [-0.2, -0.15) is 5.10 Å². The summed E-state index contributed by atoms with van der Waals surface area (Å²) in [5.74, 6) is 0. The second-order valence-electron chi connectivity index (χ2n) is 7.63. The Kier molecular flexibility index (Phi) is 4.45. The molecule has 0 amide bonds. The quantitative estimate of drug-likeness (QED) is 0.858. The van der Waals surface area contributed by atoms with Crippen molar-refractivity contribution >= 4 is 0 Å². The van der Waals surface area contributed by atoms with Crippen molar-refractivity contribution in [3.8, 4) is 0 Å². The highest BCUT2D eigenvalue weighted by Gasteiger charge is 2.35. The van der Waals surface area contributed by atoms with E-state index in [9.17, 15) is 9.90 Å². The highest BCUT2D eigenvalue weighted by atomic mass is 16.5. The topological polar surface area (TPSA) is 76.4 Å². The van der Waals surface area contributed by atoms with Gasteiger partial charge >= 0.3 is 0 Å². The Balaban J connectivity index is 1.48. The fourth-order valence-electron chi connectivity index (χ4n) is 4.34. The van der Waals surface area contributed by atoms with Crippen LogP contribution in [0.2, 0.25) is 0 Å². The van der Waals surface area contributed by atoms with E-state index in [1.165, 1.54) is 6.42 Å². The summed E-state index contributed by atoms with van der Waals surface area (Å²) < 4.78 is 7.24. The summed E-state index contributed by atoms with van der Waals surface area (Å²) in [6, 6.07) is 1.69. The van der Waals surface area contributed by atoms with Gasteiger partial charge in [0.05, 0.1) is 36.6 Å². The van der Waals surface area contributed by atoms with Gasteiger partial charge in [0.1, 0.15) is 0 Å². The Labute approximate surface area is 142 Å². The van der Waals surface area contributed by atoms with E-state index in [0.717, 1.165) is 56.2 Å². The van der Waals surface area contributed by atoms with Crippen molar-refractivity contribution in [1.82, 2.24) is 15.1 Å². The first-order chi connectivity index (χ1) is 11.6. The molecule has 6 heteroatoms. The van der Waals surface area contributed by atoms with Crippen molar-refractivity contribution in [1.29, 1.82) is 0 Å². The van der Waals surface area contributed by atoms with E-state index in [-0.39, 0.29) is 17.6 Å². The van der Waals surface area contributed by atoms with Crippen LogP contribution >= 0.6 is 0 Å². The summed E-state index contributed by atoms with van der Waals surface area (Å²) in [6.45, 7) is 1.63. The predicted octanol–water partition coefficient (Wildman–Crippen LogP) is 0.957. The maximum atomic E-state index is 12.4. The molecule has 2 atom stereocenters. The molecule has 2 N–H and O–H groups in total. The summed E-state index contributed by atoms with van der Waals surface area (Å²) in [4.78, 5) is 12.4. The van der Waals surface area contributed by atoms with Gasteiger partial charge in [0.25, 0.3) is 5.56 Å². The van der Waals surface area contributed by atoms with Crippen molar-refractivity contribution in [2.45, 2.75) is 69.1 Å². The molecule has 132 valence electrons. The summed E-state index contributed by atoms with van der Waals surface area (Å²) in [5, 5.41) is 18.8. The molecule has 1 aliphatic heterocycles. The predicted molar refractivity (Wildman–Crippen MR) is 90.2 cm³/mol. The number of ether oxygens (including phenoxy) is 1. The van der Waals surface area contributed by atoms with Crippen LogP contribution in [0.5, 0.6) is 0 Å². The van der Waals surface area contributed by atoms with Crippen LogP contribution in [-0.4, -0.2) is 46.3 Å². The van der Waals surface area contributed by atoms with Gasteiger partial charge in [-0.15, -0.1) is 0 Å². The van der Waals surface area contributed by atoms with Gasteiger partial charge in [-0.05, 0) is 37.7 Å². The number of aryl methyl sites for hydroxylation is 2. The van der Waals surface area contributed by atoms with Gasteiger partial charge in [-0.1, -0.05) is 19.3 Å². The highest BCUT2D eigenvalue weighted by Crippen LogP contribution is 2.28. The van der Waals surface area contributed by atoms with E-state index in [4.69, 9.17) is 4.74 Å². The Morgan fingerprint density at radius 3 is 2.92 bits per heavy atom. The zero-order valence-corrected chi connectivity index (χ0v) is 14.2. The molecule has 0 spiro atoms. The lowest BCUT2D eigenvalue weighted by atomic mass is 9.84. The van der Waals surface area contributed by atoms with E-state index >= 15 is 0 Å². The summed E-state index contributed by atoms with van der Waals surface area (Å²) in [6.07, 6.45) is 8.12. The van der Waals surface area contributed by atoms with Crippen LogP contribution in [0.3, 0.4) is 0 Å². The number of nitrogens with zero attached hydrogens (tertiary/aromatic N) is 2. The van der Waals surface area contributed by atoms with Crippen molar-refractivity contribution in [2.24, 2.45) is 0 Å². The number of fused-ring (bicyclic) bond motifs is 1. The molecule has 1 aromatic rings. The molecule has 1 aromatic heterocycles. The van der Waals surface area contributed by atoms with E-state index in [1.54, 1.807) is 10.7 Å². The van der Waals surface area contributed by atoms with Crippen LogP contribution in [0, 0.1) is 0 Å². The Morgan fingerprint density at radius 2 is 2.08 bits per heavy atom. The first-order valence-corrected chi connectivity index (χ1v) is 9.30. The zero-order valence-electron chi connectivity index (χ0n) is 14.2. The van der Waals surface area contributed by atoms with Crippen LogP contribution in [0.4, 0.5) is 0 Å². The fraction of sp³-hybridized carbons (Fsp3) is 0.778. The summed E-state index contributed by atoms with van der Waals surface area (Å²) >= 11 is 0. The van der Waals surface area contributed by atoms with Crippen LogP contribution in [0.1, 0.15) is 55.8 Å². The minimum absolute atomic E-state index is 0.0283. The van der Waals surface area contributed by atoms with Crippen LogP contribution in [0.15, 0.2) is 10.9 Å². The van der Waals surface area contributed by atoms with Gasteiger partial charge in [0.2, 0.25) is 0 Å². The van der Waals surface area contributed by atoms with E-state index in [2.05, 4.69) is 10.4 Å². The lowest BCUT2D eigenvalue weighted by Gasteiger charge is -2.34. The zero-order chi connectivity index (χ0) is 16.6. The Bertz CT molecular complexity index is 651. The smallest absolute Gasteiger partial charge is 0.267 e. The minimum Gasteiger partial charge on any atom is -0.389 e. The molecule has 2 aliphatic carbocycles. The van der Waals surface area contributed by atoms with Gasteiger partial charge in [-0.3, -0.25) is 4.79 Å². The molecular formula is C18H27N3O3. The van der Waals surface area contributed by atoms with E-state index in [1.807, 2.05) is 0 Å². The number of hydrogen-bond donors (Lipinski definition) is 2. The van der Waals surface area contributed by atoms with Gasteiger partial charge < -0.3 is 15.2 Å². The van der Waals surface area contributed by atoms with Crippen LogP contribution in [-0.2, 0) is 17.6 Å². The van der Waals surface area contributed by atoms with E-state index in [0.29, 0.717) is 19.8 Å². The molecule has 0 radical (unpaired) electrons. The summed E-state index contributed by atoms with van der Waals surface area (Å²) in [5.41, 5.74) is 1.53. The number of aliphatic hydroxyl groups is 1. The van der Waals surface area contributed by atoms with Crippen molar-refractivity contribution < 1.29 is 9.84 Å². The Morgan fingerprint density at radius 1 is 1.25 bits per heavy atom. The molecule has 2 unspecified atom stereocenters. The van der Waals surface area contributed by atoms with Gasteiger partial charge in [0, 0.05) is 12.6 Å². The number of hydrogen-bond acceptors (Lipinski definition) is 5. The maximum absolute atomic E-state index is 12.4. The number of nitrogens with one attached hydrogen (secondary N) is 1. The normalized spacial score (nSPS) is 28.9. The van der Waals surface area contributed by atoms with Gasteiger partial charge in [-0.25, -0.2) is 4.68 Å². The molecule has 4 rings (SSSR count). The molecule has 6 nitrogen and oxygen atoms in total. The molecular weight excluding hydrogens is 306 g/mol. The monoisotopic (exact) mass is 333 g/mol. The largest absolute Gasteiger partial charge is 0.389 e. The molecule has 0 bridgehead atoms. The molecule has 2 fully saturated rings. The van der Waals surface area contributed by atoms with Crippen LogP contribution in [0.25, 0.3) is 0 Å². The van der Waals surface area contributed by atoms with Crippen molar-refractivity contribution in [2.75, 3.05) is 19.8 Å². The third-order valence-corrected chi connectivity index (χ3v) is 5.82. The number of aromatic nitrogens is 2. The fourth-order valence-corrected chi connectivity index (χ4v) is 4.34. The molecule has 0 aromatic carbocycles. The highest BCUT2D eigenvalue weighted by molar-refractivity contribution is 5.22. The van der Waals surface area contributed by atoms with Crippen molar-refractivity contribution in [3.05, 3.63) is 27.7 Å². The SMILES string of the molecule is O=c1cc2c(nn1C1COCC1NCC1(O)CCCCC1)CCC2. The average molecular weight is 333 g/mol. The first-order valence-electron chi connectivity index (χ1n) is 9.30. The van der Waals surface area contributed by atoms with Gasteiger partial charge in [0.15, 0.2) is 0 Å². The third-order valence-electron chi connectivity index (χ3n) is 5.82. The lowest BCUT2D eigenvalue weighted by molar-refractivity contribution is 0.00163. The standard InChI is InChI=1S/C18H27N3O3/c22-17-9-13-5-4-6-14(13)20-21(17)16-11-24-10-15(16)19-12-18(23)7-2-1-3-8-18/h9,15-16,19,23H,1-8,10-12H2. The second-order valence-corrected chi connectivity index (χ2v) is 7.63. The van der Waals surface area contributed by atoms with E-state index < -0.39 is 5.60 Å². The average Bonchev–Trinajstić information content (AvgIpc) is 3.21. The molecule has 1 saturated carbocycles. The summed E-state index contributed by atoms with van der Waals surface area (Å²) in [7, 11) is 0. The molecule has 3 aliphatic rings. The lowest BCUT2D eigenvalue weighted by Crippen LogP contribution is -2.49. The first kappa shape index (κ1) is 16.2.